The van der Waals surface area contributed by atoms with E-state index in [2.05, 4.69) is 24.2 Å². The van der Waals surface area contributed by atoms with Gasteiger partial charge in [0.25, 0.3) is 0 Å². The average Bonchev–Trinajstić information content (AvgIpc) is 2.50. The van der Waals surface area contributed by atoms with Crippen LogP contribution in [-0.4, -0.2) is 0 Å². The predicted molar refractivity (Wildman–Crippen MR) is 47.8 cm³/mol. The van der Waals surface area contributed by atoms with Crippen molar-refractivity contribution in [2.45, 2.75) is 0 Å². The lowest BCUT2D eigenvalue weighted by Crippen LogP contribution is -1.61. The Labute approximate surface area is 66.9 Å². The van der Waals surface area contributed by atoms with Crippen LogP contribution >= 0.6 is 0 Å². The molecule has 1 rings (SSSR count). The number of allylic oxidation sites excluding steroid dienone is 6. The summed E-state index contributed by atoms with van der Waals surface area (Å²) >= 11 is 0. The summed E-state index contributed by atoms with van der Waals surface area (Å²) in [6, 6.07) is 0. The lowest BCUT2D eigenvalue weighted by Gasteiger charge is -1.73. The zero-order valence-corrected chi connectivity index (χ0v) is 6.17. The molecular formula is C11H8. The predicted octanol–water partition coefficient (Wildman–Crippen LogP) is 2.38. The van der Waals surface area contributed by atoms with E-state index in [-0.39, 0.29) is 0 Å². The van der Waals surface area contributed by atoms with Crippen LogP contribution in [0.3, 0.4) is 0 Å². The van der Waals surface area contributed by atoms with Crippen molar-refractivity contribution in [3.05, 3.63) is 54.3 Å². The molecule has 0 fully saturated rings. The summed E-state index contributed by atoms with van der Waals surface area (Å²) in [7, 11) is 0. The molecule has 0 aliphatic heterocycles. The van der Waals surface area contributed by atoms with Gasteiger partial charge in [-0.15, -0.1) is 5.73 Å². The Morgan fingerprint density at radius 1 is 1.55 bits per heavy atom. The maximum atomic E-state index is 3.53. The number of hydrogen-bond acceptors (Lipinski definition) is 0. The molecule has 0 bridgehead atoms. The molecule has 0 heteroatoms. The zero-order chi connectivity index (χ0) is 7.94. The first kappa shape index (κ1) is 7.41. The minimum absolute atomic E-state index is 0.929. The third-order valence-electron chi connectivity index (χ3n) is 1.12. The minimum atomic E-state index is 0.929. The highest BCUT2D eigenvalue weighted by Crippen LogP contribution is 1.98. The average molecular weight is 140 g/mol. The standard InChI is InChI=1S/C11H8/c1-2-3-4-5-8-11-9-6-7-10-11/h2-4,6-7,9H,1H2/b4-3-. The van der Waals surface area contributed by atoms with E-state index in [9.17, 15) is 0 Å². The maximum absolute atomic E-state index is 3.53. The van der Waals surface area contributed by atoms with Crippen LogP contribution < -0.4 is 0 Å². The van der Waals surface area contributed by atoms with E-state index in [1.54, 1.807) is 18.2 Å². The van der Waals surface area contributed by atoms with E-state index in [1.165, 1.54) is 0 Å². The Morgan fingerprint density at radius 3 is 3.09 bits per heavy atom. The van der Waals surface area contributed by atoms with Crippen LogP contribution in [0, 0.1) is 11.8 Å². The summed E-state index contributed by atoms with van der Waals surface area (Å²) in [5, 5.41) is 0. The fraction of sp³-hybridized carbons (Fsp3) is 0. The van der Waals surface area contributed by atoms with Crippen LogP contribution in [0.2, 0.25) is 0 Å². The summed E-state index contributed by atoms with van der Waals surface area (Å²) in [6.07, 6.45) is 10.9. The summed E-state index contributed by atoms with van der Waals surface area (Å²) in [5.74, 6) is 5.77. The van der Waals surface area contributed by atoms with Crippen LogP contribution in [0.5, 0.6) is 0 Å². The second-order valence-electron chi connectivity index (χ2n) is 1.95. The van der Waals surface area contributed by atoms with E-state index in [4.69, 9.17) is 0 Å². The molecule has 11 heavy (non-hydrogen) atoms. The van der Waals surface area contributed by atoms with Gasteiger partial charge in [0.15, 0.2) is 0 Å². The third-order valence-corrected chi connectivity index (χ3v) is 1.12. The van der Waals surface area contributed by atoms with Crippen molar-refractivity contribution >= 4 is 0 Å². The van der Waals surface area contributed by atoms with Gasteiger partial charge < -0.3 is 0 Å². The van der Waals surface area contributed by atoms with Gasteiger partial charge in [-0.2, -0.15) is 0 Å². The quantitative estimate of drug-likeness (QED) is 0.298. The molecule has 0 nitrogen and oxygen atoms in total. The lowest BCUT2D eigenvalue weighted by molar-refractivity contribution is 1.87. The fourth-order valence-corrected chi connectivity index (χ4v) is 0.644. The molecule has 0 unspecified atom stereocenters. The molecule has 52 valence electrons. The second kappa shape index (κ2) is 4.17. The Bertz CT molecular complexity index is 321. The summed E-state index contributed by atoms with van der Waals surface area (Å²) in [4.78, 5) is 0. The molecule has 0 saturated carbocycles. The monoisotopic (exact) mass is 140 g/mol. The molecule has 1 aliphatic carbocycles. The Kier molecular flexibility index (Phi) is 2.81. The topological polar surface area (TPSA) is 0 Å². The van der Waals surface area contributed by atoms with Crippen molar-refractivity contribution in [3.63, 3.8) is 0 Å². The maximum Gasteiger partial charge on any atom is 0.0667 e. The summed E-state index contributed by atoms with van der Waals surface area (Å²) in [6.45, 7) is 3.53. The van der Waals surface area contributed by atoms with E-state index in [0.29, 0.717) is 0 Å². The highest BCUT2D eigenvalue weighted by Gasteiger charge is 1.83. The molecule has 0 aromatic heterocycles. The first-order valence-electron chi connectivity index (χ1n) is 3.36. The van der Waals surface area contributed by atoms with Gasteiger partial charge in [0.05, 0.1) is 5.57 Å². The molecule has 0 atom stereocenters. The Hall–Kier alpha value is -1.70. The Morgan fingerprint density at radius 2 is 2.45 bits per heavy atom. The molecule has 0 spiro atoms. The molecule has 0 aromatic carbocycles. The van der Waals surface area contributed by atoms with Gasteiger partial charge in [0, 0.05) is 0 Å². The largest absolute Gasteiger partial charge is 0.104 e. The van der Waals surface area contributed by atoms with Gasteiger partial charge in [0.1, 0.15) is 0 Å². The van der Waals surface area contributed by atoms with Gasteiger partial charge in [-0.05, 0) is 18.2 Å². The van der Waals surface area contributed by atoms with E-state index in [1.807, 2.05) is 18.2 Å². The second-order valence-corrected chi connectivity index (χ2v) is 1.95. The zero-order valence-electron chi connectivity index (χ0n) is 6.17. The van der Waals surface area contributed by atoms with Crippen LogP contribution in [0.25, 0.3) is 0 Å². The van der Waals surface area contributed by atoms with Gasteiger partial charge in [0.2, 0.25) is 0 Å². The molecular weight excluding hydrogens is 132 g/mol. The van der Waals surface area contributed by atoms with Gasteiger partial charge in [-0.25, -0.2) is 0 Å². The van der Waals surface area contributed by atoms with E-state index < -0.39 is 0 Å². The molecule has 0 N–H and O–H groups in total. The first-order chi connectivity index (χ1) is 5.43. The van der Waals surface area contributed by atoms with Crippen LogP contribution in [0.1, 0.15) is 0 Å². The van der Waals surface area contributed by atoms with E-state index in [0.717, 1.165) is 5.57 Å². The SMILES string of the molecule is C=C/C=C\C#CC1=C=CC=C1. The van der Waals surface area contributed by atoms with Gasteiger partial charge >= 0.3 is 0 Å². The van der Waals surface area contributed by atoms with E-state index >= 15 is 0 Å². The molecule has 0 heterocycles. The van der Waals surface area contributed by atoms with Crippen molar-refractivity contribution in [1.29, 1.82) is 0 Å². The number of rotatable bonds is 1. The highest BCUT2D eigenvalue weighted by atomic mass is 13.9. The third kappa shape index (κ3) is 2.58. The van der Waals surface area contributed by atoms with Crippen molar-refractivity contribution in [3.8, 4) is 11.8 Å². The smallest absolute Gasteiger partial charge is 0.0667 e. The lowest BCUT2D eigenvalue weighted by atomic mass is 10.3. The first-order valence-corrected chi connectivity index (χ1v) is 3.36. The van der Waals surface area contributed by atoms with Crippen molar-refractivity contribution < 1.29 is 0 Å². The van der Waals surface area contributed by atoms with Crippen LogP contribution in [-0.2, 0) is 0 Å². The van der Waals surface area contributed by atoms with Gasteiger partial charge in [-0.1, -0.05) is 36.6 Å². The van der Waals surface area contributed by atoms with Crippen molar-refractivity contribution in [2.24, 2.45) is 0 Å². The molecule has 0 radical (unpaired) electrons. The Balaban J connectivity index is 2.58. The molecule has 0 aromatic rings. The highest BCUT2D eigenvalue weighted by molar-refractivity contribution is 5.44. The number of hydrogen-bond donors (Lipinski definition) is 0. The normalized spacial score (nSPS) is 12.9. The van der Waals surface area contributed by atoms with Crippen molar-refractivity contribution in [2.75, 3.05) is 0 Å². The minimum Gasteiger partial charge on any atom is -0.104 e. The van der Waals surface area contributed by atoms with Gasteiger partial charge in [-0.3, -0.25) is 0 Å². The van der Waals surface area contributed by atoms with Crippen LogP contribution in [0.4, 0.5) is 0 Å². The fourth-order valence-electron chi connectivity index (χ4n) is 0.644. The van der Waals surface area contributed by atoms with Crippen molar-refractivity contribution in [1.82, 2.24) is 0 Å². The molecule has 0 saturated heterocycles. The molecule has 1 aliphatic rings. The summed E-state index contributed by atoms with van der Waals surface area (Å²) in [5.41, 5.74) is 3.91. The van der Waals surface area contributed by atoms with Crippen LogP contribution in [0.15, 0.2) is 54.3 Å². The molecule has 0 amide bonds. The summed E-state index contributed by atoms with van der Waals surface area (Å²) < 4.78 is 0.